The van der Waals surface area contributed by atoms with Crippen molar-refractivity contribution in [2.75, 3.05) is 13.1 Å². The van der Waals surface area contributed by atoms with Crippen LogP contribution in [0.5, 0.6) is 5.75 Å². The monoisotopic (exact) mass is 344 g/mol. The lowest BCUT2D eigenvalue weighted by atomic mass is 9.83. The van der Waals surface area contributed by atoms with Crippen LogP contribution < -0.4 is 10.1 Å². The number of benzene rings is 1. The van der Waals surface area contributed by atoms with Gasteiger partial charge in [-0.1, -0.05) is 6.07 Å². The topological polar surface area (TPSA) is 42.9 Å². The number of ether oxygens (including phenoxy) is 1. The van der Waals surface area contributed by atoms with E-state index in [2.05, 4.69) is 27.9 Å². The molecule has 1 fully saturated rings. The third-order valence-electron chi connectivity index (χ3n) is 3.67. The van der Waals surface area contributed by atoms with Crippen molar-refractivity contribution < 1.29 is 14.8 Å². The molecule has 2 aliphatic rings. The van der Waals surface area contributed by atoms with Crippen LogP contribution in [0.15, 0.2) is 18.2 Å². The van der Waals surface area contributed by atoms with Crippen LogP contribution in [-0.4, -0.2) is 24.5 Å². The van der Waals surface area contributed by atoms with Crippen LogP contribution in [0, 0.1) is 3.57 Å². The predicted molar refractivity (Wildman–Crippen MR) is 72.4 cm³/mol. The summed E-state index contributed by atoms with van der Waals surface area (Å²) < 4.78 is 7.17. The summed E-state index contributed by atoms with van der Waals surface area (Å²) in [5.41, 5.74) is 0.566. The highest BCUT2D eigenvalue weighted by molar-refractivity contribution is 14.1. The van der Waals surface area contributed by atoms with Gasteiger partial charge in [0.1, 0.15) is 11.4 Å². The first-order chi connectivity index (χ1) is 8.20. The second kappa shape index (κ2) is 4.24. The maximum absolute atomic E-state index is 12.3. The highest BCUT2D eigenvalue weighted by atomic mass is 127. The molecule has 0 radical (unpaired) electrons. The van der Waals surface area contributed by atoms with Crippen LogP contribution in [0.2, 0.25) is 0 Å². The van der Waals surface area contributed by atoms with E-state index in [0.29, 0.717) is 6.42 Å². The molecule has 4 heteroatoms. The zero-order chi connectivity index (χ0) is 11.9. The molecule has 17 heavy (non-hydrogen) atoms. The number of fused-ring (bicyclic) bond motifs is 1. The molecule has 0 aliphatic carbocycles. The molecule has 0 bridgehead atoms. The molecule has 0 saturated carbocycles. The molecule has 3 nitrogen and oxygen atoms in total. The number of piperidine rings is 1. The van der Waals surface area contributed by atoms with Gasteiger partial charge in [0.05, 0.1) is 25.1 Å². The largest absolute Gasteiger partial charge is 0.486 e. The van der Waals surface area contributed by atoms with E-state index in [1.54, 1.807) is 0 Å². The maximum Gasteiger partial charge on any atom is 0.171 e. The molecule has 3 rings (SSSR count). The molecule has 90 valence electrons. The smallest absolute Gasteiger partial charge is 0.171 e. The Hall–Kier alpha value is -0.620. The normalized spacial score (nSPS) is 22.1. The predicted octanol–water partition coefficient (Wildman–Crippen LogP) is 1.35. The summed E-state index contributed by atoms with van der Waals surface area (Å²) in [6.07, 6.45) is 2.50. The van der Waals surface area contributed by atoms with Gasteiger partial charge in [-0.15, -0.1) is 0 Å². The van der Waals surface area contributed by atoms with Crippen molar-refractivity contribution in [3.8, 4) is 5.75 Å². The molecule has 0 amide bonds. The number of carbonyl (C=O) groups is 1. The molecule has 0 atom stereocenters. The van der Waals surface area contributed by atoms with E-state index in [9.17, 15) is 4.79 Å². The van der Waals surface area contributed by atoms with Crippen LogP contribution in [0.3, 0.4) is 0 Å². The van der Waals surface area contributed by atoms with Crippen LogP contribution >= 0.6 is 22.6 Å². The Morgan fingerprint density at radius 3 is 2.82 bits per heavy atom. The summed E-state index contributed by atoms with van der Waals surface area (Å²) in [4.78, 5) is 12.3. The minimum Gasteiger partial charge on any atom is -0.486 e. The molecule has 0 aromatic heterocycles. The van der Waals surface area contributed by atoms with E-state index in [4.69, 9.17) is 4.74 Å². The van der Waals surface area contributed by atoms with E-state index in [1.165, 1.54) is 0 Å². The first kappa shape index (κ1) is 11.5. The van der Waals surface area contributed by atoms with Crippen molar-refractivity contribution >= 4 is 28.4 Å². The lowest BCUT2D eigenvalue weighted by molar-refractivity contribution is -0.667. The second-order valence-electron chi connectivity index (χ2n) is 4.86. The Balaban J connectivity index is 2.00. The van der Waals surface area contributed by atoms with Crippen LogP contribution in [0.1, 0.15) is 29.6 Å². The van der Waals surface area contributed by atoms with E-state index < -0.39 is 0 Å². The summed E-state index contributed by atoms with van der Waals surface area (Å²) in [6.45, 7) is 2.12. The van der Waals surface area contributed by atoms with Gasteiger partial charge in [-0.2, -0.15) is 0 Å². The van der Waals surface area contributed by atoms with Gasteiger partial charge in [-0.25, -0.2) is 0 Å². The Morgan fingerprint density at radius 2 is 2.06 bits per heavy atom. The number of rotatable bonds is 0. The third-order valence-corrected chi connectivity index (χ3v) is 4.57. The van der Waals surface area contributed by atoms with Crippen LogP contribution in [0.4, 0.5) is 0 Å². The molecule has 2 aliphatic heterocycles. The van der Waals surface area contributed by atoms with E-state index in [-0.39, 0.29) is 11.4 Å². The number of halogens is 1. The fourth-order valence-electron chi connectivity index (χ4n) is 2.79. The minimum atomic E-state index is -0.219. The van der Waals surface area contributed by atoms with Gasteiger partial charge in [0.25, 0.3) is 0 Å². The maximum atomic E-state index is 12.3. The third kappa shape index (κ3) is 1.97. The summed E-state index contributed by atoms with van der Waals surface area (Å²) in [5, 5.41) is 2.29. The van der Waals surface area contributed by atoms with Crippen molar-refractivity contribution in [3.05, 3.63) is 27.3 Å². The average Bonchev–Trinajstić information content (AvgIpc) is 2.29. The Labute approximate surface area is 114 Å². The fraction of sp³-hybridized carbons (Fsp3) is 0.462. The number of carbonyl (C=O) groups excluding carboxylic acids is 1. The number of hydrogen-bond acceptors (Lipinski definition) is 2. The van der Waals surface area contributed by atoms with E-state index in [0.717, 1.165) is 40.8 Å². The molecule has 0 unspecified atom stereocenters. The Bertz CT molecular complexity index is 466. The molecule has 1 saturated heterocycles. The standard InChI is InChI=1S/C13H14INO2/c14-9-2-1-3-11-12(9)10(16)8-13(17-11)4-6-15-7-5-13/h1-3,15H,4-8H2/p+1. The van der Waals surface area contributed by atoms with Gasteiger partial charge < -0.3 is 10.1 Å². The van der Waals surface area contributed by atoms with Gasteiger partial charge >= 0.3 is 0 Å². The minimum absolute atomic E-state index is 0.219. The Kier molecular flexibility index (Phi) is 2.86. The first-order valence-electron chi connectivity index (χ1n) is 6.03. The highest BCUT2D eigenvalue weighted by Crippen LogP contribution is 2.39. The number of hydrogen-bond donors (Lipinski definition) is 1. The SMILES string of the molecule is O=C1CC2(CC[NH2+]CC2)Oc2cccc(I)c21. The summed E-state index contributed by atoms with van der Waals surface area (Å²) in [7, 11) is 0. The van der Waals surface area contributed by atoms with E-state index in [1.807, 2.05) is 18.2 Å². The highest BCUT2D eigenvalue weighted by Gasteiger charge is 2.43. The fourth-order valence-corrected chi connectivity index (χ4v) is 3.56. The lowest BCUT2D eigenvalue weighted by Gasteiger charge is -2.39. The summed E-state index contributed by atoms with van der Waals surface area (Å²) >= 11 is 2.21. The zero-order valence-electron chi connectivity index (χ0n) is 9.54. The molecule has 2 heterocycles. The second-order valence-corrected chi connectivity index (χ2v) is 6.03. The van der Waals surface area contributed by atoms with Gasteiger partial charge in [0, 0.05) is 16.4 Å². The van der Waals surface area contributed by atoms with Crippen molar-refractivity contribution in [3.63, 3.8) is 0 Å². The van der Waals surface area contributed by atoms with Crippen LogP contribution in [-0.2, 0) is 0 Å². The lowest BCUT2D eigenvalue weighted by Crippen LogP contribution is -2.88. The molecule has 1 spiro atoms. The average molecular weight is 344 g/mol. The number of Topliss-reactive ketones (excluding diaryl/α,β-unsaturated/α-hetero) is 1. The van der Waals surface area contributed by atoms with E-state index >= 15 is 0 Å². The van der Waals surface area contributed by atoms with Gasteiger partial charge in [0.2, 0.25) is 0 Å². The molecular formula is C13H15INO2+. The van der Waals surface area contributed by atoms with Crippen molar-refractivity contribution in [1.82, 2.24) is 0 Å². The summed E-state index contributed by atoms with van der Waals surface area (Å²) in [6, 6.07) is 5.85. The molecule has 1 aromatic carbocycles. The first-order valence-corrected chi connectivity index (χ1v) is 7.10. The van der Waals surface area contributed by atoms with Gasteiger partial charge in [-0.05, 0) is 34.7 Å². The van der Waals surface area contributed by atoms with Gasteiger partial charge in [-0.3, -0.25) is 4.79 Å². The molecule has 1 aromatic rings. The van der Waals surface area contributed by atoms with Crippen molar-refractivity contribution in [1.29, 1.82) is 0 Å². The number of ketones is 1. The Morgan fingerprint density at radius 1 is 1.29 bits per heavy atom. The number of nitrogens with two attached hydrogens (primary N) is 1. The number of quaternary nitrogens is 1. The quantitative estimate of drug-likeness (QED) is 0.722. The zero-order valence-corrected chi connectivity index (χ0v) is 11.7. The van der Waals surface area contributed by atoms with Crippen LogP contribution in [0.25, 0.3) is 0 Å². The molecular weight excluding hydrogens is 329 g/mol. The summed E-state index contributed by atoms with van der Waals surface area (Å²) in [5.74, 6) is 1.04. The van der Waals surface area contributed by atoms with Gasteiger partial charge in [0.15, 0.2) is 5.78 Å². The van der Waals surface area contributed by atoms with Crippen molar-refractivity contribution in [2.24, 2.45) is 0 Å². The molecule has 2 N–H and O–H groups in total. The van der Waals surface area contributed by atoms with Crippen molar-refractivity contribution in [2.45, 2.75) is 24.9 Å².